The summed E-state index contributed by atoms with van der Waals surface area (Å²) in [4.78, 5) is 3.01. The number of hydrogen-bond acceptors (Lipinski definition) is 2. The van der Waals surface area contributed by atoms with Crippen molar-refractivity contribution in [3.63, 3.8) is 0 Å². The van der Waals surface area contributed by atoms with Gasteiger partial charge in [-0.05, 0) is 15.9 Å². The number of ether oxygens (including phenoxy) is 1. The lowest BCUT2D eigenvalue weighted by molar-refractivity contribution is -0.141. The van der Waals surface area contributed by atoms with E-state index in [9.17, 15) is 22.0 Å². The molecule has 0 aliphatic heterocycles. The summed E-state index contributed by atoms with van der Waals surface area (Å²) in [7, 11) is 1.01. The minimum absolute atomic E-state index is 0.437. The molecule has 0 fully saturated rings. The zero-order valence-corrected chi connectivity index (χ0v) is 9.36. The molecule has 0 saturated carbocycles. The quantitative estimate of drug-likeness (QED) is 0.612. The molecule has 1 aromatic rings. The van der Waals surface area contributed by atoms with Crippen LogP contribution in [0.1, 0.15) is 17.7 Å². The third-order valence-electron chi connectivity index (χ3n) is 1.70. The highest BCUT2D eigenvalue weighted by Crippen LogP contribution is 2.38. The standard InChI is InChI=1S/C8H5BrF5NO/c1-16-3-2-4(8(12,13)14)15-6(9)5(3)7(10)11/h2,7H,1H3. The Bertz CT molecular complexity index is 393. The van der Waals surface area contributed by atoms with Crippen LogP contribution in [0.15, 0.2) is 10.7 Å². The minimum Gasteiger partial charge on any atom is -0.496 e. The molecule has 2 nitrogen and oxygen atoms in total. The monoisotopic (exact) mass is 305 g/mol. The molecule has 1 heterocycles. The molecule has 0 spiro atoms. The Balaban J connectivity index is 3.38. The fourth-order valence-electron chi connectivity index (χ4n) is 1.01. The molecule has 0 aliphatic carbocycles. The summed E-state index contributed by atoms with van der Waals surface area (Å²) in [6, 6.07) is 0.437. The smallest absolute Gasteiger partial charge is 0.433 e. The van der Waals surface area contributed by atoms with E-state index in [4.69, 9.17) is 0 Å². The maximum atomic E-state index is 12.5. The van der Waals surface area contributed by atoms with Crippen LogP contribution in [0.2, 0.25) is 0 Å². The summed E-state index contributed by atoms with van der Waals surface area (Å²) < 4.78 is 65.7. The molecule has 0 atom stereocenters. The van der Waals surface area contributed by atoms with E-state index >= 15 is 0 Å². The van der Waals surface area contributed by atoms with Gasteiger partial charge in [-0.3, -0.25) is 0 Å². The van der Waals surface area contributed by atoms with Crippen LogP contribution in [0.4, 0.5) is 22.0 Å². The zero-order valence-electron chi connectivity index (χ0n) is 7.78. The predicted octanol–water partition coefficient (Wildman–Crippen LogP) is 3.81. The van der Waals surface area contributed by atoms with Crippen LogP contribution in [0, 0.1) is 0 Å². The lowest BCUT2D eigenvalue weighted by atomic mass is 10.2. The summed E-state index contributed by atoms with van der Waals surface area (Å²) in [5, 5.41) is 0. The molecule has 0 aromatic carbocycles. The number of alkyl halides is 5. The van der Waals surface area contributed by atoms with Crippen molar-refractivity contribution in [3.8, 4) is 5.75 Å². The van der Waals surface area contributed by atoms with E-state index in [1.54, 1.807) is 0 Å². The van der Waals surface area contributed by atoms with Gasteiger partial charge in [0.25, 0.3) is 6.43 Å². The second-order valence-electron chi connectivity index (χ2n) is 2.71. The van der Waals surface area contributed by atoms with Crippen LogP contribution >= 0.6 is 15.9 Å². The molecule has 0 radical (unpaired) electrons. The Morgan fingerprint density at radius 3 is 2.31 bits per heavy atom. The summed E-state index contributed by atoms with van der Waals surface area (Å²) in [5.74, 6) is -0.552. The fourth-order valence-corrected chi connectivity index (χ4v) is 1.57. The molecule has 1 aromatic heterocycles. The van der Waals surface area contributed by atoms with Gasteiger partial charge < -0.3 is 4.74 Å². The molecule has 8 heteroatoms. The molecule has 0 unspecified atom stereocenters. The maximum absolute atomic E-state index is 12.5. The third-order valence-corrected chi connectivity index (χ3v) is 2.31. The van der Waals surface area contributed by atoms with E-state index in [-0.39, 0.29) is 0 Å². The van der Waals surface area contributed by atoms with Gasteiger partial charge in [0, 0.05) is 6.07 Å². The highest BCUT2D eigenvalue weighted by molar-refractivity contribution is 9.10. The van der Waals surface area contributed by atoms with Crippen molar-refractivity contribution in [2.75, 3.05) is 7.11 Å². The van der Waals surface area contributed by atoms with Crippen molar-refractivity contribution >= 4 is 15.9 Å². The highest BCUT2D eigenvalue weighted by Gasteiger charge is 2.35. The summed E-state index contributed by atoms with van der Waals surface area (Å²) >= 11 is 2.56. The first-order valence-electron chi connectivity index (χ1n) is 3.87. The highest BCUT2D eigenvalue weighted by atomic mass is 79.9. The van der Waals surface area contributed by atoms with Gasteiger partial charge >= 0.3 is 6.18 Å². The van der Waals surface area contributed by atoms with Gasteiger partial charge in [0.15, 0.2) is 0 Å². The minimum atomic E-state index is -4.71. The van der Waals surface area contributed by atoms with Gasteiger partial charge in [-0.25, -0.2) is 13.8 Å². The van der Waals surface area contributed by atoms with Gasteiger partial charge in [-0.1, -0.05) is 0 Å². The molecule has 16 heavy (non-hydrogen) atoms. The molecule has 0 amide bonds. The van der Waals surface area contributed by atoms with Crippen LogP contribution in [-0.4, -0.2) is 12.1 Å². The van der Waals surface area contributed by atoms with Crippen LogP contribution in [0.25, 0.3) is 0 Å². The molecule has 1 rings (SSSR count). The first kappa shape index (κ1) is 13.1. The van der Waals surface area contributed by atoms with E-state index in [0.29, 0.717) is 6.07 Å². The van der Waals surface area contributed by atoms with Gasteiger partial charge in [0.2, 0.25) is 0 Å². The average Bonchev–Trinajstić information content (AvgIpc) is 2.14. The molecule has 0 bridgehead atoms. The SMILES string of the molecule is COc1cc(C(F)(F)F)nc(Br)c1C(F)F. The van der Waals surface area contributed by atoms with E-state index in [2.05, 4.69) is 25.7 Å². The van der Waals surface area contributed by atoms with E-state index in [0.717, 1.165) is 7.11 Å². The normalized spacial score (nSPS) is 12.0. The van der Waals surface area contributed by atoms with Crippen LogP contribution in [0.3, 0.4) is 0 Å². The molecule has 0 N–H and O–H groups in total. The Labute approximate surface area is 95.6 Å². The molecular weight excluding hydrogens is 301 g/mol. The molecule has 0 aliphatic rings. The number of hydrogen-bond donors (Lipinski definition) is 0. The molecular formula is C8H5BrF5NO. The van der Waals surface area contributed by atoms with Crippen LogP contribution < -0.4 is 4.74 Å². The lowest BCUT2D eigenvalue weighted by Crippen LogP contribution is -2.10. The van der Waals surface area contributed by atoms with Crippen molar-refractivity contribution in [2.24, 2.45) is 0 Å². The van der Waals surface area contributed by atoms with E-state index in [1.165, 1.54) is 0 Å². The van der Waals surface area contributed by atoms with E-state index in [1.807, 2.05) is 0 Å². The average molecular weight is 306 g/mol. The summed E-state index contributed by atoms with van der Waals surface area (Å²) in [6.07, 6.45) is -7.68. The van der Waals surface area contributed by atoms with Gasteiger partial charge in [0.05, 0.1) is 12.7 Å². The number of halogens is 6. The molecule has 0 saturated heterocycles. The Morgan fingerprint density at radius 2 is 1.94 bits per heavy atom. The number of rotatable bonds is 2. The number of methoxy groups -OCH3 is 1. The first-order chi connectivity index (χ1) is 7.27. The van der Waals surface area contributed by atoms with Gasteiger partial charge in [-0.2, -0.15) is 13.2 Å². The lowest BCUT2D eigenvalue weighted by Gasteiger charge is -2.13. The van der Waals surface area contributed by atoms with Crippen molar-refractivity contribution in [3.05, 3.63) is 21.9 Å². The number of pyridine rings is 1. The predicted molar refractivity (Wildman–Crippen MR) is 48.4 cm³/mol. The topological polar surface area (TPSA) is 22.1 Å². The summed E-state index contributed by atoms with van der Waals surface area (Å²) in [6.45, 7) is 0. The Kier molecular flexibility index (Phi) is 3.72. The van der Waals surface area contributed by atoms with Crippen molar-refractivity contribution in [2.45, 2.75) is 12.6 Å². The molecule has 90 valence electrons. The zero-order chi connectivity index (χ0) is 12.5. The van der Waals surface area contributed by atoms with E-state index < -0.39 is 34.2 Å². The first-order valence-corrected chi connectivity index (χ1v) is 4.66. The van der Waals surface area contributed by atoms with Crippen molar-refractivity contribution < 1.29 is 26.7 Å². The van der Waals surface area contributed by atoms with Crippen LogP contribution in [-0.2, 0) is 6.18 Å². The van der Waals surface area contributed by atoms with Gasteiger partial charge in [-0.15, -0.1) is 0 Å². The number of nitrogens with zero attached hydrogens (tertiary/aromatic N) is 1. The Hall–Kier alpha value is -0.920. The third kappa shape index (κ3) is 2.60. The number of aromatic nitrogens is 1. The second kappa shape index (κ2) is 4.52. The van der Waals surface area contributed by atoms with Crippen molar-refractivity contribution in [1.82, 2.24) is 4.98 Å². The van der Waals surface area contributed by atoms with Crippen molar-refractivity contribution in [1.29, 1.82) is 0 Å². The second-order valence-corrected chi connectivity index (χ2v) is 3.46. The maximum Gasteiger partial charge on any atom is 0.433 e. The van der Waals surface area contributed by atoms with Gasteiger partial charge in [0.1, 0.15) is 16.0 Å². The summed E-state index contributed by atoms with van der Waals surface area (Å²) in [5.41, 5.74) is -1.99. The van der Waals surface area contributed by atoms with Crippen LogP contribution in [0.5, 0.6) is 5.75 Å². The largest absolute Gasteiger partial charge is 0.496 e. The fraction of sp³-hybridized carbons (Fsp3) is 0.375. The Morgan fingerprint density at radius 1 is 1.38 bits per heavy atom.